The van der Waals surface area contributed by atoms with Crippen molar-refractivity contribution in [3.05, 3.63) is 63.9 Å². The first kappa shape index (κ1) is 21.9. The second kappa shape index (κ2) is 8.78. The Kier molecular flexibility index (Phi) is 6.01. The number of piperidine rings is 1. The number of fused-ring (bicyclic) bond motifs is 2. The van der Waals surface area contributed by atoms with E-state index in [1.54, 1.807) is 4.31 Å². The van der Waals surface area contributed by atoms with E-state index in [4.69, 9.17) is 16.6 Å². The lowest BCUT2D eigenvalue weighted by atomic mass is 9.76. The topological polar surface area (TPSA) is 65.5 Å². The van der Waals surface area contributed by atoms with Crippen LogP contribution in [0.1, 0.15) is 41.1 Å². The van der Waals surface area contributed by atoms with Crippen molar-refractivity contribution < 1.29 is 8.42 Å². The number of hydrogen-bond donors (Lipinski definition) is 1. The molecule has 8 heteroatoms. The fourth-order valence-corrected chi connectivity index (χ4v) is 6.45. The molecule has 1 aromatic carbocycles. The second-order valence-electron chi connectivity index (χ2n) is 8.95. The first-order valence-corrected chi connectivity index (χ1v) is 13.5. The number of aromatic nitrogens is 1. The zero-order valence-electron chi connectivity index (χ0n) is 18.3. The van der Waals surface area contributed by atoms with E-state index in [1.807, 2.05) is 18.3 Å². The van der Waals surface area contributed by atoms with Crippen molar-refractivity contribution in [3.63, 3.8) is 0 Å². The number of rotatable bonds is 3. The molecule has 3 aliphatic rings. The lowest BCUT2D eigenvalue weighted by Gasteiger charge is -2.36. The van der Waals surface area contributed by atoms with E-state index in [2.05, 4.69) is 34.5 Å². The Labute approximate surface area is 195 Å². The van der Waals surface area contributed by atoms with Gasteiger partial charge in [-0.25, -0.2) is 12.7 Å². The van der Waals surface area contributed by atoms with E-state index in [1.165, 1.54) is 23.1 Å². The monoisotopic (exact) mass is 472 g/mol. The fraction of sp³-hybridized carbons (Fsp3) is 0.458. The van der Waals surface area contributed by atoms with E-state index in [0.29, 0.717) is 19.0 Å². The van der Waals surface area contributed by atoms with E-state index >= 15 is 0 Å². The molecule has 2 saturated heterocycles. The maximum Gasteiger partial charge on any atom is 0.211 e. The zero-order valence-corrected chi connectivity index (χ0v) is 19.9. The van der Waals surface area contributed by atoms with Crippen LogP contribution in [0.25, 0.3) is 11.8 Å². The molecule has 2 aromatic rings. The van der Waals surface area contributed by atoms with E-state index in [9.17, 15) is 8.42 Å². The molecule has 1 aliphatic carbocycles. The highest BCUT2D eigenvalue weighted by molar-refractivity contribution is 7.88. The summed E-state index contributed by atoms with van der Waals surface area (Å²) in [5, 5.41) is 4.17. The van der Waals surface area contributed by atoms with Crippen molar-refractivity contribution in [2.24, 2.45) is 5.92 Å². The van der Waals surface area contributed by atoms with Crippen molar-refractivity contribution in [3.8, 4) is 0 Å². The smallest absolute Gasteiger partial charge is 0.211 e. The summed E-state index contributed by atoms with van der Waals surface area (Å²) in [4.78, 5) is 7.36. The van der Waals surface area contributed by atoms with Gasteiger partial charge in [0.2, 0.25) is 10.0 Å². The number of piperazine rings is 1. The van der Waals surface area contributed by atoms with Crippen LogP contribution in [0.3, 0.4) is 0 Å². The van der Waals surface area contributed by atoms with Gasteiger partial charge in [-0.15, -0.1) is 0 Å². The van der Waals surface area contributed by atoms with Gasteiger partial charge in [-0.2, -0.15) is 0 Å². The van der Waals surface area contributed by atoms with Crippen LogP contribution in [0.4, 0.5) is 0 Å². The van der Waals surface area contributed by atoms with Gasteiger partial charge < -0.3 is 10.2 Å². The van der Waals surface area contributed by atoms with Crippen LogP contribution in [0.15, 0.2) is 36.5 Å². The van der Waals surface area contributed by atoms with Crippen molar-refractivity contribution in [1.29, 1.82) is 0 Å². The molecule has 1 aromatic heterocycles. The molecule has 1 N–H and O–H groups in total. The zero-order chi connectivity index (χ0) is 22.3. The van der Waals surface area contributed by atoms with Crippen molar-refractivity contribution >= 4 is 33.4 Å². The second-order valence-corrected chi connectivity index (χ2v) is 11.4. The summed E-state index contributed by atoms with van der Waals surface area (Å²) in [6.07, 6.45) is 7.10. The Bertz CT molecular complexity index is 1140. The Morgan fingerprint density at radius 3 is 2.56 bits per heavy atom. The Morgan fingerprint density at radius 1 is 1.09 bits per heavy atom. The summed E-state index contributed by atoms with van der Waals surface area (Å²) in [6, 6.07) is 10.4. The first-order chi connectivity index (χ1) is 15.4. The predicted octanol–water partition coefficient (Wildman–Crippen LogP) is 3.26. The summed E-state index contributed by atoms with van der Waals surface area (Å²) < 4.78 is 25.7. The van der Waals surface area contributed by atoms with Crippen LogP contribution in [-0.4, -0.2) is 68.1 Å². The predicted molar refractivity (Wildman–Crippen MR) is 129 cm³/mol. The minimum absolute atomic E-state index is 0.108. The number of benzene rings is 1. The van der Waals surface area contributed by atoms with Crippen molar-refractivity contribution in [2.45, 2.75) is 18.8 Å². The third-order valence-corrected chi connectivity index (χ3v) is 8.52. The maximum atomic E-state index is 12.1. The van der Waals surface area contributed by atoms with Crippen LogP contribution in [0, 0.1) is 5.92 Å². The van der Waals surface area contributed by atoms with Crippen molar-refractivity contribution in [1.82, 2.24) is 19.5 Å². The third kappa shape index (κ3) is 4.19. The van der Waals surface area contributed by atoms with Gasteiger partial charge in [0.25, 0.3) is 0 Å². The minimum Gasteiger partial charge on any atom is -0.368 e. The van der Waals surface area contributed by atoms with E-state index < -0.39 is 10.0 Å². The van der Waals surface area contributed by atoms with Gasteiger partial charge in [-0.1, -0.05) is 17.7 Å². The standard InChI is InChI=1S/C24H29ClN4O2S/c1-32(30,31)29-11-6-17(7-12-29)23-20-5-4-19(25)15-18(20)16-22(28-13-9-26-10-14-28)21-3-2-8-27-24(21)23/h2-5,8,15-17,23,26H,6-7,9-14H2,1H3/t23-/m0/s1. The molecule has 2 aliphatic heterocycles. The number of nitrogens with one attached hydrogen (secondary N) is 1. The molecule has 0 spiro atoms. The lowest BCUT2D eigenvalue weighted by molar-refractivity contribution is 0.256. The molecule has 3 heterocycles. The number of hydrogen-bond acceptors (Lipinski definition) is 5. The van der Waals surface area contributed by atoms with Crippen LogP contribution < -0.4 is 5.32 Å². The summed E-state index contributed by atoms with van der Waals surface area (Å²) in [5.74, 6) is 0.425. The molecule has 0 saturated carbocycles. The molecule has 32 heavy (non-hydrogen) atoms. The van der Waals surface area contributed by atoms with Crippen molar-refractivity contribution in [2.75, 3.05) is 45.5 Å². The Hall–Kier alpha value is -1.93. The van der Waals surface area contributed by atoms with E-state index in [0.717, 1.165) is 55.3 Å². The summed E-state index contributed by atoms with van der Waals surface area (Å²) in [7, 11) is -3.16. The quantitative estimate of drug-likeness (QED) is 0.742. The Balaban J connectivity index is 1.60. The van der Waals surface area contributed by atoms with Gasteiger partial charge in [-0.05, 0) is 60.2 Å². The highest BCUT2D eigenvalue weighted by atomic mass is 35.5. The molecule has 0 amide bonds. The lowest BCUT2D eigenvalue weighted by Crippen LogP contribution is -2.42. The molecule has 0 bridgehead atoms. The Morgan fingerprint density at radius 2 is 1.84 bits per heavy atom. The minimum atomic E-state index is -3.16. The normalized spacial score (nSPS) is 22.6. The number of sulfonamides is 1. The highest BCUT2D eigenvalue weighted by Gasteiger charge is 2.36. The average molecular weight is 473 g/mol. The number of halogens is 1. The molecular formula is C24H29ClN4O2S. The van der Waals surface area contributed by atoms with Gasteiger partial charge in [0.1, 0.15) is 0 Å². The molecule has 5 rings (SSSR count). The van der Waals surface area contributed by atoms with E-state index in [-0.39, 0.29) is 5.92 Å². The average Bonchev–Trinajstić information content (AvgIpc) is 2.93. The van der Waals surface area contributed by atoms with Crippen LogP contribution in [-0.2, 0) is 10.0 Å². The number of pyridine rings is 1. The van der Waals surface area contributed by atoms with Gasteiger partial charge in [-0.3, -0.25) is 4.98 Å². The molecule has 1 atom stereocenters. The SMILES string of the molecule is CS(=O)(=O)N1CCC([C@H]2c3ccc(Cl)cc3C=C(N3CCNCC3)c3cccnc32)CC1. The van der Waals surface area contributed by atoms with Gasteiger partial charge in [0, 0.05) is 67.7 Å². The summed E-state index contributed by atoms with van der Waals surface area (Å²) in [6.45, 7) is 4.94. The van der Waals surface area contributed by atoms with Gasteiger partial charge >= 0.3 is 0 Å². The molecule has 0 radical (unpaired) electrons. The number of nitrogens with zero attached hydrogens (tertiary/aromatic N) is 3. The largest absolute Gasteiger partial charge is 0.368 e. The van der Waals surface area contributed by atoms with Crippen LogP contribution in [0.2, 0.25) is 5.02 Å². The molecule has 170 valence electrons. The molecular weight excluding hydrogens is 444 g/mol. The third-order valence-electron chi connectivity index (χ3n) is 6.98. The van der Waals surface area contributed by atoms with Gasteiger partial charge in [0.15, 0.2) is 0 Å². The van der Waals surface area contributed by atoms with Crippen LogP contribution in [0.5, 0.6) is 0 Å². The van der Waals surface area contributed by atoms with Gasteiger partial charge in [0.05, 0.1) is 11.9 Å². The maximum absolute atomic E-state index is 12.1. The summed E-state index contributed by atoms with van der Waals surface area (Å²) in [5.41, 5.74) is 5.85. The van der Waals surface area contributed by atoms with Crippen LogP contribution >= 0.6 is 11.6 Å². The highest BCUT2D eigenvalue weighted by Crippen LogP contribution is 2.45. The summed E-state index contributed by atoms with van der Waals surface area (Å²) >= 11 is 6.44. The molecule has 2 fully saturated rings. The molecule has 0 unspecified atom stereocenters. The molecule has 6 nitrogen and oxygen atoms in total. The fourth-order valence-electron chi connectivity index (χ4n) is 5.39. The first-order valence-electron chi connectivity index (χ1n) is 11.3.